The van der Waals surface area contributed by atoms with E-state index in [9.17, 15) is 4.79 Å². The van der Waals surface area contributed by atoms with Crippen LogP contribution in [0.5, 0.6) is 5.75 Å². The molecule has 1 heterocycles. The fourth-order valence-electron chi connectivity index (χ4n) is 3.78. The summed E-state index contributed by atoms with van der Waals surface area (Å²) in [4.78, 5) is 17.5. The van der Waals surface area contributed by atoms with Crippen LogP contribution < -0.4 is 4.74 Å². The van der Waals surface area contributed by atoms with E-state index in [1.54, 1.807) is 13.2 Å². The number of halogens is 1. The number of carbonyl (C=O) groups excluding carboxylic acids is 1. The van der Waals surface area contributed by atoms with Crippen molar-refractivity contribution in [1.29, 1.82) is 0 Å². The SMILES string of the molecule is COc1ccc(C#[N+]CCN2CCC(Cc3ccc(Cl)cc3)CC2)cc1C=CC=O. The third-order valence-electron chi connectivity index (χ3n) is 5.47. The number of methoxy groups -OCH3 is 1. The number of hydrogen-bond acceptors (Lipinski definition) is 3. The average molecular weight is 424 g/mol. The average Bonchev–Trinajstić information content (AvgIpc) is 2.78. The van der Waals surface area contributed by atoms with Gasteiger partial charge >= 0.3 is 6.07 Å². The van der Waals surface area contributed by atoms with Crippen LogP contribution in [0, 0.1) is 12.0 Å². The molecule has 2 aromatic rings. The van der Waals surface area contributed by atoms with Gasteiger partial charge in [-0.05, 0) is 86.3 Å². The van der Waals surface area contributed by atoms with Crippen LogP contribution in [0.3, 0.4) is 0 Å². The molecule has 0 bridgehead atoms. The van der Waals surface area contributed by atoms with Crippen molar-refractivity contribution in [3.63, 3.8) is 0 Å². The number of carbonyl (C=O) groups is 1. The zero-order valence-electron chi connectivity index (χ0n) is 17.4. The van der Waals surface area contributed by atoms with Gasteiger partial charge in [-0.2, -0.15) is 0 Å². The molecule has 0 radical (unpaired) electrons. The molecule has 1 fully saturated rings. The number of likely N-dealkylation sites (tertiary alicyclic amines) is 1. The standard InChI is InChI=1S/C25H28ClN2O2/c1-30-25-9-6-22(18-23(25)3-2-16-29)19-27-12-15-28-13-10-21(11-14-28)17-20-4-7-24(26)8-5-20/h2-9,16,18,21H,10-15,17H2,1H3/q+1. The molecule has 0 unspecified atom stereocenters. The van der Waals surface area contributed by atoms with E-state index in [1.165, 1.54) is 24.5 Å². The van der Waals surface area contributed by atoms with Crippen LogP contribution in [0.1, 0.15) is 29.5 Å². The number of benzene rings is 2. The summed E-state index contributed by atoms with van der Waals surface area (Å²) in [6, 6.07) is 17.0. The van der Waals surface area contributed by atoms with Gasteiger partial charge in [0.1, 0.15) is 17.6 Å². The molecular weight excluding hydrogens is 396 g/mol. The highest BCUT2D eigenvalue weighted by molar-refractivity contribution is 6.30. The fraction of sp³-hybridized carbons (Fsp3) is 0.360. The van der Waals surface area contributed by atoms with E-state index in [2.05, 4.69) is 27.9 Å². The van der Waals surface area contributed by atoms with Crippen molar-refractivity contribution in [3.05, 3.63) is 75.1 Å². The molecule has 2 aromatic carbocycles. The van der Waals surface area contributed by atoms with Crippen LogP contribution in [0.15, 0.2) is 48.5 Å². The second kappa shape index (κ2) is 11.5. The second-order valence-corrected chi connectivity index (χ2v) is 8.00. The summed E-state index contributed by atoms with van der Waals surface area (Å²) in [5.74, 6) is 1.47. The number of aldehydes is 1. The Morgan fingerprint density at radius 2 is 1.97 bits per heavy atom. The highest BCUT2D eigenvalue weighted by Gasteiger charge is 2.20. The molecule has 0 saturated carbocycles. The van der Waals surface area contributed by atoms with E-state index in [-0.39, 0.29) is 0 Å². The summed E-state index contributed by atoms with van der Waals surface area (Å²) >= 11 is 5.97. The molecule has 5 heteroatoms. The third-order valence-corrected chi connectivity index (χ3v) is 5.72. The highest BCUT2D eigenvalue weighted by Crippen LogP contribution is 2.23. The van der Waals surface area contributed by atoms with E-state index in [4.69, 9.17) is 16.3 Å². The number of nitrogens with zero attached hydrogens (tertiary/aromatic N) is 2. The van der Waals surface area contributed by atoms with Crippen LogP contribution in [-0.2, 0) is 11.2 Å². The van der Waals surface area contributed by atoms with Crippen molar-refractivity contribution in [2.24, 2.45) is 5.92 Å². The first kappa shape index (κ1) is 22.1. The number of ether oxygens (including phenoxy) is 1. The van der Waals surface area contributed by atoms with Gasteiger partial charge < -0.3 is 4.74 Å². The predicted octanol–water partition coefficient (Wildman–Crippen LogP) is 5.20. The molecule has 30 heavy (non-hydrogen) atoms. The maximum absolute atomic E-state index is 10.6. The number of rotatable bonds is 7. The Morgan fingerprint density at radius 1 is 1.20 bits per heavy atom. The van der Waals surface area contributed by atoms with Crippen LogP contribution in [-0.4, -0.2) is 44.5 Å². The van der Waals surface area contributed by atoms with E-state index in [0.29, 0.717) is 0 Å². The maximum Gasteiger partial charge on any atom is 0.311 e. The lowest BCUT2D eigenvalue weighted by atomic mass is 9.90. The van der Waals surface area contributed by atoms with Crippen molar-refractivity contribution in [2.45, 2.75) is 19.3 Å². The monoisotopic (exact) mass is 423 g/mol. The van der Waals surface area contributed by atoms with Crippen molar-refractivity contribution in [2.75, 3.05) is 33.3 Å². The van der Waals surface area contributed by atoms with Crippen LogP contribution >= 0.6 is 11.6 Å². The molecule has 1 aliphatic heterocycles. The minimum Gasteiger partial charge on any atom is -0.496 e. The van der Waals surface area contributed by atoms with E-state index in [0.717, 1.165) is 66.7 Å². The van der Waals surface area contributed by atoms with Crippen LogP contribution in [0.2, 0.25) is 5.02 Å². The van der Waals surface area contributed by atoms with E-state index >= 15 is 0 Å². The lowest BCUT2D eigenvalue weighted by Gasteiger charge is -2.30. The molecule has 0 aromatic heterocycles. The summed E-state index contributed by atoms with van der Waals surface area (Å²) in [5.41, 5.74) is 3.09. The first-order valence-electron chi connectivity index (χ1n) is 10.4. The summed E-state index contributed by atoms with van der Waals surface area (Å²) in [6.07, 6.45) is 7.51. The lowest BCUT2D eigenvalue weighted by Crippen LogP contribution is -2.35. The third kappa shape index (κ3) is 6.73. The van der Waals surface area contributed by atoms with Gasteiger partial charge in [-0.25, -0.2) is 0 Å². The smallest absolute Gasteiger partial charge is 0.311 e. The minimum atomic E-state index is 0.722. The Kier molecular flexibility index (Phi) is 8.50. The van der Waals surface area contributed by atoms with Gasteiger partial charge in [0, 0.05) is 10.6 Å². The highest BCUT2D eigenvalue weighted by atomic mass is 35.5. The summed E-state index contributed by atoms with van der Waals surface area (Å²) in [5, 5.41) is 0.800. The number of allylic oxidation sites excluding steroid dienone is 1. The molecule has 4 nitrogen and oxygen atoms in total. The molecule has 156 valence electrons. The molecule has 0 aliphatic carbocycles. The normalized spacial score (nSPS) is 15.0. The Balaban J connectivity index is 1.44. The maximum atomic E-state index is 10.6. The Labute approximate surface area is 183 Å². The van der Waals surface area contributed by atoms with Gasteiger partial charge in [0.2, 0.25) is 0 Å². The molecule has 1 saturated heterocycles. The Hall–Kier alpha value is -2.61. The Bertz CT molecular complexity index is 920. The quantitative estimate of drug-likeness (QED) is 0.453. The zero-order valence-corrected chi connectivity index (χ0v) is 18.1. The van der Waals surface area contributed by atoms with Gasteiger partial charge in [0.25, 0.3) is 6.54 Å². The lowest BCUT2D eigenvalue weighted by molar-refractivity contribution is -0.104. The second-order valence-electron chi connectivity index (χ2n) is 7.56. The predicted molar refractivity (Wildman–Crippen MR) is 124 cm³/mol. The first-order valence-corrected chi connectivity index (χ1v) is 10.7. The molecular formula is C25H28ClN2O2+. The summed E-state index contributed by atoms with van der Waals surface area (Å²) in [7, 11) is 1.61. The molecule has 0 N–H and O–H groups in total. The van der Waals surface area contributed by atoms with Crippen molar-refractivity contribution < 1.29 is 9.53 Å². The minimum absolute atomic E-state index is 0.722. The number of hydrogen-bond donors (Lipinski definition) is 0. The van der Waals surface area contributed by atoms with Gasteiger partial charge in [-0.3, -0.25) is 9.69 Å². The Morgan fingerprint density at radius 3 is 2.67 bits per heavy atom. The van der Waals surface area contributed by atoms with Crippen LogP contribution in [0.25, 0.3) is 10.9 Å². The summed E-state index contributed by atoms with van der Waals surface area (Å²) in [6.45, 7) is 3.93. The number of piperidine rings is 1. The van der Waals surface area contributed by atoms with E-state index < -0.39 is 0 Å². The van der Waals surface area contributed by atoms with Crippen molar-refractivity contribution in [3.8, 4) is 11.8 Å². The molecule has 3 rings (SSSR count). The van der Waals surface area contributed by atoms with Gasteiger partial charge in [-0.15, -0.1) is 0 Å². The molecule has 0 amide bonds. The zero-order chi connectivity index (χ0) is 21.2. The van der Waals surface area contributed by atoms with Crippen molar-refractivity contribution in [1.82, 2.24) is 4.90 Å². The van der Waals surface area contributed by atoms with Crippen molar-refractivity contribution >= 4 is 24.0 Å². The summed E-state index contributed by atoms with van der Waals surface area (Å²) < 4.78 is 5.32. The molecule has 0 atom stereocenters. The van der Waals surface area contributed by atoms with Gasteiger partial charge in [0.15, 0.2) is 0 Å². The molecule has 1 aliphatic rings. The topological polar surface area (TPSA) is 33.9 Å². The van der Waals surface area contributed by atoms with Gasteiger partial charge in [-0.1, -0.05) is 28.6 Å². The fourth-order valence-corrected chi connectivity index (χ4v) is 3.91. The van der Waals surface area contributed by atoms with Crippen LogP contribution in [0.4, 0.5) is 0 Å². The largest absolute Gasteiger partial charge is 0.496 e. The van der Waals surface area contributed by atoms with Gasteiger partial charge in [0.05, 0.1) is 13.7 Å². The van der Waals surface area contributed by atoms with E-state index in [1.807, 2.05) is 30.3 Å². The first-order chi connectivity index (χ1) is 14.7. The molecule has 0 spiro atoms.